The number of nitrogens with zero attached hydrogens (tertiary/aromatic N) is 3. The van der Waals surface area contributed by atoms with Gasteiger partial charge in [-0.1, -0.05) is 41.9 Å². The van der Waals surface area contributed by atoms with Crippen LogP contribution in [-0.2, 0) is 12.8 Å². The van der Waals surface area contributed by atoms with Crippen LogP contribution < -0.4 is 0 Å². The van der Waals surface area contributed by atoms with Crippen LogP contribution in [0.1, 0.15) is 36.7 Å². The fourth-order valence-electron chi connectivity index (χ4n) is 4.49. The van der Waals surface area contributed by atoms with Crippen molar-refractivity contribution < 1.29 is 0 Å². The summed E-state index contributed by atoms with van der Waals surface area (Å²) in [7, 11) is 0. The summed E-state index contributed by atoms with van der Waals surface area (Å²) >= 11 is 6.08. The van der Waals surface area contributed by atoms with Crippen LogP contribution in [-0.4, -0.2) is 46.4 Å². The van der Waals surface area contributed by atoms with Crippen molar-refractivity contribution in [2.24, 2.45) is 10.9 Å². The van der Waals surface area contributed by atoms with Crippen LogP contribution in [0.5, 0.6) is 0 Å². The summed E-state index contributed by atoms with van der Waals surface area (Å²) in [6.07, 6.45) is 8.94. The number of allylic oxidation sites excluding steroid dienone is 1. The Labute approximate surface area is 207 Å². The molecule has 0 unspecified atom stereocenters. The number of hydrogen-bond donors (Lipinski definition) is 2. The molecule has 0 saturated carbocycles. The van der Waals surface area contributed by atoms with E-state index in [0.717, 1.165) is 61.0 Å². The number of benzene rings is 2. The van der Waals surface area contributed by atoms with E-state index >= 15 is 0 Å². The molecule has 1 aromatic heterocycles. The smallest absolute Gasteiger partial charge is 0.138 e. The molecule has 2 heterocycles. The Hall–Kier alpha value is -3.02. The summed E-state index contributed by atoms with van der Waals surface area (Å²) in [6, 6.07) is 18.5. The van der Waals surface area contributed by atoms with Crippen LogP contribution in [0.4, 0.5) is 0 Å². The summed E-state index contributed by atoms with van der Waals surface area (Å²) in [4.78, 5) is 15.6. The van der Waals surface area contributed by atoms with Gasteiger partial charge in [-0.25, -0.2) is 4.98 Å². The zero-order chi connectivity index (χ0) is 23.8. The number of imidazole rings is 1. The normalized spacial score (nSPS) is 15.8. The average Bonchev–Trinajstić information content (AvgIpc) is 3.28. The summed E-state index contributed by atoms with van der Waals surface area (Å²) < 4.78 is 0. The lowest BCUT2D eigenvalue weighted by atomic mass is 9.91. The second-order valence-corrected chi connectivity index (χ2v) is 9.30. The Kier molecular flexibility index (Phi) is 8.45. The number of aliphatic imine (C=N–C) groups is 1. The molecule has 176 valence electrons. The molecule has 0 amide bonds. The summed E-state index contributed by atoms with van der Waals surface area (Å²) in [5, 5.41) is 7.89. The molecule has 1 saturated heterocycles. The standard InChI is InChI=1S/C28H32ClN5/c1-21(31-16-5-15-30)27-26(32-28(33-27)24-8-10-25(29)11-9-24)20-23-13-18-34(19-14-23)17-12-22-6-3-2-4-7-22/h2-11,15-16,23,30H,12-14,17-20H2,1H3,(H,32,33)/b16-5-,30-15?,31-21?. The lowest BCUT2D eigenvalue weighted by molar-refractivity contribution is 0.185. The second kappa shape index (κ2) is 11.9. The van der Waals surface area contributed by atoms with Crippen LogP contribution in [0.2, 0.25) is 5.02 Å². The molecule has 0 bridgehead atoms. The van der Waals surface area contributed by atoms with E-state index in [1.807, 2.05) is 31.2 Å². The largest absolute Gasteiger partial charge is 0.341 e. The third-order valence-corrected chi connectivity index (χ3v) is 6.70. The maximum Gasteiger partial charge on any atom is 0.138 e. The van der Waals surface area contributed by atoms with Gasteiger partial charge in [0.1, 0.15) is 11.5 Å². The van der Waals surface area contributed by atoms with E-state index in [0.29, 0.717) is 10.9 Å². The Bertz CT molecular complexity index is 1120. The van der Waals surface area contributed by atoms with Gasteiger partial charge in [-0.05, 0) is 87.5 Å². The molecule has 0 radical (unpaired) electrons. The minimum atomic E-state index is 0.621. The zero-order valence-corrected chi connectivity index (χ0v) is 20.4. The van der Waals surface area contributed by atoms with Gasteiger partial charge in [-0.15, -0.1) is 0 Å². The molecule has 0 atom stereocenters. The zero-order valence-electron chi connectivity index (χ0n) is 19.7. The Morgan fingerprint density at radius 1 is 1.15 bits per heavy atom. The van der Waals surface area contributed by atoms with E-state index in [1.165, 1.54) is 24.6 Å². The maximum atomic E-state index is 7.17. The molecule has 6 heteroatoms. The summed E-state index contributed by atoms with van der Waals surface area (Å²) in [5.41, 5.74) is 5.32. The van der Waals surface area contributed by atoms with Gasteiger partial charge in [-0.3, -0.25) is 4.99 Å². The average molecular weight is 474 g/mol. The number of likely N-dealkylation sites (tertiary alicyclic amines) is 1. The molecule has 1 aliphatic heterocycles. The molecule has 0 aliphatic carbocycles. The highest BCUT2D eigenvalue weighted by Crippen LogP contribution is 2.26. The van der Waals surface area contributed by atoms with Crippen molar-refractivity contribution in [1.29, 1.82) is 5.41 Å². The first-order valence-corrected chi connectivity index (χ1v) is 12.3. The molecule has 2 N–H and O–H groups in total. The van der Waals surface area contributed by atoms with Crippen LogP contribution in [0, 0.1) is 11.3 Å². The van der Waals surface area contributed by atoms with E-state index in [9.17, 15) is 0 Å². The van der Waals surface area contributed by atoms with Crippen molar-refractivity contribution in [2.45, 2.75) is 32.6 Å². The Morgan fingerprint density at radius 3 is 2.59 bits per heavy atom. The molecule has 0 spiro atoms. The number of aromatic amines is 1. The SMILES string of the molecule is CC(=N/C=C\C=N)c1nc(-c2ccc(Cl)cc2)[nH]c1CC1CCN(CCc2ccccc2)CC1. The van der Waals surface area contributed by atoms with Crippen molar-refractivity contribution in [3.05, 3.63) is 88.8 Å². The molecule has 4 rings (SSSR count). The molecule has 3 aromatic rings. The minimum Gasteiger partial charge on any atom is -0.341 e. The lowest BCUT2D eigenvalue weighted by Gasteiger charge is -2.32. The van der Waals surface area contributed by atoms with Gasteiger partial charge >= 0.3 is 0 Å². The first kappa shape index (κ1) is 24.1. The van der Waals surface area contributed by atoms with Crippen LogP contribution in [0.15, 0.2) is 71.9 Å². The number of hydrogen-bond acceptors (Lipinski definition) is 4. The number of rotatable bonds is 9. The second-order valence-electron chi connectivity index (χ2n) is 8.87. The quantitative estimate of drug-likeness (QED) is 0.363. The number of halogens is 1. The fourth-order valence-corrected chi connectivity index (χ4v) is 4.62. The van der Waals surface area contributed by atoms with Gasteiger partial charge in [0, 0.05) is 35.2 Å². The Morgan fingerprint density at radius 2 is 1.88 bits per heavy atom. The monoisotopic (exact) mass is 473 g/mol. The van der Waals surface area contributed by atoms with Crippen molar-refractivity contribution >= 4 is 23.5 Å². The maximum absolute atomic E-state index is 7.17. The van der Waals surface area contributed by atoms with Crippen molar-refractivity contribution in [3.8, 4) is 11.4 Å². The van der Waals surface area contributed by atoms with Crippen molar-refractivity contribution in [3.63, 3.8) is 0 Å². The summed E-state index contributed by atoms with van der Waals surface area (Å²) in [6.45, 7) is 5.38. The number of aromatic nitrogens is 2. The number of piperidine rings is 1. The van der Waals surface area contributed by atoms with Crippen LogP contribution >= 0.6 is 11.6 Å². The number of nitrogens with one attached hydrogen (secondary N) is 2. The Balaban J connectivity index is 1.44. The van der Waals surface area contributed by atoms with E-state index in [4.69, 9.17) is 22.0 Å². The predicted molar refractivity (Wildman–Crippen MR) is 142 cm³/mol. The van der Waals surface area contributed by atoms with Gasteiger partial charge in [0.05, 0.1) is 5.71 Å². The van der Waals surface area contributed by atoms with Gasteiger partial charge in [0.15, 0.2) is 0 Å². The number of H-pyrrole nitrogens is 1. The highest BCUT2D eigenvalue weighted by molar-refractivity contribution is 6.30. The molecule has 2 aromatic carbocycles. The fraction of sp³-hybridized carbons (Fsp3) is 0.321. The molecule has 1 aliphatic rings. The highest BCUT2D eigenvalue weighted by atomic mass is 35.5. The topological polar surface area (TPSA) is 68.1 Å². The van der Waals surface area contributed by atoms with Gasteiger partial charge in [-0.2, -0.15) is 0 Å². The highest BCUT2D eigenvalue weighted by Gasteiger charge is 2.23. The molecular formula is C28H32ClN5. The third-order valence-electron chi connectivity index (χ3n) is 6.45. The lowest BCUT2D eigenvalue weighted by Crippen LogP contribution is -2.35. The predicted octanol–water partition coefficient (Wildman–Crippen LogP) is 6.20. The van der Waals surface area contributed by atoms with Crippen LogP contribution in [0.3, 0.4) is 0 Å². The van der Waals surface area contributed by atoms with E-state index < -0.39 is 0 Å². The van der Waals surface area contributed by atoms with E-state index in [-0.39, 0.29) is 0 Å². The van der Waals surface area contributed by atoms with Gasteiger partial charge in [0.2, 0.25) is 0 Å². The first-order chi connectivity index (χ1) is 16.6. The minimum absolute atomic E-state index is 0.621. The van der Waals surface area contributed by atoms with Crippen molar-refractivity contribution in [1.82, 2.24) is 14.9 Å². The van der Waals surface area contributed by atoms with Crippen LogP contribution in [0.25, 0.3) is 11.4 Å². The van der Waals surface area contributed by atoms with E-state index in [1.54, 1.807) is 12.3 Å². The van der Waals surface area contributed by atoms with Gasteiger partial charge < -0.3 is 15.3 Å². The molecule has 34 heavy (non-hydrogen) atoms. The molecule has 1 fully saturated rings. The summed E-state index contributed by atoms with van der Waals surface area (Å²) in [5.74, 6) is 1.46. The third kappa shape index (κ3) is 6.52. The first-order valence-electron chi connectivity index (χ1n) is 11.9. The van der Waals surface area contributed by atoms with Crippen molar-refractivity contribution in [2.75, 3.05) is 19.6 Å². The van der Waals surface area contributed by atoms with E-state index in [2.05, 4.69) is 45.2 Å². The molecular weight excluding hydrogens is 442 g/mol. The van der Waals surface area contributed by atoms with Gasteiger partial charge in [0.25, 0.3) is 0 Å². The molecule has 5 nitrogen and oxygen atoms in total.